The monoisotopic (exact) mass is 401 g/mol. The highest BCUT2D eigenvalue weighted by Gasteiger charge is 2.23. The van der Waals surface area contributed by atoms with Crippen LogP contribution in [0.15, 0.2) is 6.07 Å². The lowest BCUT2D eigenvalue weighted by Gasteiger charge is -2.29. The number of H-pyrrole nitrogens is 1. The summed E-state index contributed by atoms with van der Waals surface area (Å²) in [5.74, 6) is 0.160. The van der Waals surface area contributed by atoms with Gasteiger partial charge in [0.2, 0.25) is 5.91 Å². The van der Waals surface area contributed by atoms with Crippen molar-refractivity contribution in [3.63, 3.8) is 0 Å². The Kier molecular flexibility index (Phi) is 6.56. The second-order valence-electron chi connectivity index (χ2n) is 7.89. The van der Waals surface area contributed by atoms with E-state index in [0.29, 0.717) is 32.7 Å². The first-order valence-corrected chi connectivity index (χ1v) is 10.2. The number of carbonyl (C=O) groups excluding carboxylic acids is 2. The van der Waals surface area contributed by atoms with Gasteiger partial charge in [-0.05, 0) is 38.3 Å². The number of urea groups is 1. The largest absolute Gasteiger partial charge is 0.338 e. The van der Waals surface area contributed by atoms with E-state index in [9.17, 15) is 9.59 Å². The lowest BCUT2D eigenvalue weighted by Crippen LogP contribution is -2.40. The molecular formula is C20H31N7O2. The van der Waals surface area contributed by atoms with Crippen LogP contribution in [-0.4, -0.2) is 49.9 Å². The van der Waals surface area contributed by atoms with Gasteiger partial charge in [-0.3, -0.25) is 14.6 Å². The van der Waals surface area contributed by atoms with Crippen LogP contribution >= 0.6 is 0 Å². The van der Waals surface area contributed by atoms with E-state index in [1.54, 1.807) is 0 Å². The Bertz CT molecular complexity index is 849. The minimum Gasteiger partial charge on any atom is -0.338 e. The number of aromatic nitrogens is 4. The van der Waals surface area contributed by atoms with Crippen LogP contribution in [-0.2, 0) is 30.8 Å². The zero-order valence-corrected chi connectivity index (χ0v) is 17.7. The summed E-state index contributed by atoms with van der Waals surface area (Å²) in [7, 11) is 0. The predicted octanol–water partition coefficient (Wildman–Crippen LogP) is 1.65. The summed E-state index contributed by atoms with van der Waals surface area (Å²) in [5.41, 5.74) is 5.14. The molecule has 3 rings (SSSR count). The van der Waals surface area contributed by atoms with E-state index in [1.807, 2.05) is 43.3 Å². The fourth-order valence-electron chi connectivity index (χ4n) is 3.61. The molecule has 9 heteroatoms. The van der Waals surface area contributed by atoms with Crippen molar-refractivity contribution in [1.82, 2.24) is 35.5 Å². The van der Waals surface area contributed by atoms with Crippen molar-refractivity contribution in [3.05, 3.63) is 34.4 Å². The van der Waals surface area contributed by atoms with E-state index >= 15 is 0 Å². The van der Waals surface area contributed by atoms with Gasteiger partial charge < -0.3 is 15.5 Å². The molecule has 158 valence electrons. The summed E-state index contributed by atoms with van der Waals surface area (Å²) in [6, 6.07) is 1.76. The summed E-state index contributed by atoms with van der Waals surface area (Å²) in [4.78, 5) is 26.1. The average Bonchev–Trinajstić information content (AvgIpc) is 3.25. The van der Waals surface area contributed by atoms with Gasteiger partial charge in [0.15, 0.2) is 0 Å². The lowest BCUT2D eigenvalue weighted by atomic mass is 10.1. The van der Waals surface area contributed by atoms with Crippen LogP contribution in [0.2, 0.25) is 0 Å². The van der Waals surface area contributed by atoms with Gasteiger partial charge in [0.1, 0.15) is 0 Å². The molecule has 0 unspecified atom stereocenters. The highest BCUT2D eigenvalue weighted by atomic mass is 16.2. The van der Waals surface area contributed by atoms with E-state index < -0.39 is 0 Å². The third-order valence-electron chi connectivity index (χ3n) is 5.25. The maximum absolute atomic E-state index is 12.2. The third-order valence-corrected chi connectivity index (χ3v) is 5.25. The molecule has 1 aliphatic rings. The van der Waals surface area contributed by atoms with Crippen molar-refractivity contribution in [2.24, 2.45) is 5.92 Å². The van der Waals surface area contributed by atoms with Crippen molar-refractivity contribution >= 4 is 11.9 Å². The van der Waals surface area contributed by atoms with Crippen LogP contribution in [0.25, 0.3) is 0 Å². The fourth-order valence-corrected chi connectivity index (χ4v) is 3.61. The van der Waals surface area contributed by atoms with Crippen molar-refractivity contribution in [3.8, 4) is 0 Å². The normalized spacial score (nSPS) is 13.5. The summed E-state index contributed by atoms with van der Waals surface area (Å²) in [6.45, 7) is 10.7. The number of hydrogen-bond acceptors (Lipinski definition) is 4. The van der Waals surface area contributed by atoms with E-state index in [2.05, 4.69) is 25.9 Å². The molecule has 3 heterocycles. The number of nitrogens with one attached hydrogen (secondary N) is 3. The lowest BCUT2D eigenvalue weighted by molar-refractivity contribution is -0.136. The highest BCUT2D eigenvalue weighted by molar-refractivity contribution is 5.78. The van der Waals surface area contributed by atoms with Crippen LogP contribution in [0.3, 0.4) is 0 Å². The van der Waals surface area contributed by atoms with E-state index in [4.69, 9.17) is 0 Å². The minimum atomic E-state index is -0.201. The molecule has 0 radical (unpaired) electrons. The van der Waals surface area contributed by atoms with Gasteiger partial charge >= 0.3 is 6.03 Å². The fraction of sp³-hybridized carbons (Fsp3) is 0.600. The molecule has 0 saturated carbocycles. The van der Waals surface area contributed by atoms with Crippen LogP contribution in [0.5, 0.6) is 0 Å². The van der Waals surface area contributed by atoms with Gasteiger partial charge in [-0.25, -0.2) is 4.79 Å². The maximum atomic E-state index is 12.2. The first kappa shape index (κ1) is 20.9. The molecule has 0 fully saturated rings. The number of hydrogen-bond donors (Lipinski definition) is 3. The molecule has 0 atom stereocenters. The van der Waals surface area contributed by atoms with Gasteiger partial charge in [0.25, 0.3) is 0 Å². The highest BCUT2D eigenvalue weighted by Crippen LogP contribution is 2.16. The van der Waals surface area contributed by atoms with Crippen LogP contribution in [0.4, 0.5) is 4.79 Å². The molecule has 0 bridgehead atoms. The number of aryl methyl sites for hydroxylation is 2. The molecule has 2 aromatic rings. The zero-order valence-electron chi connectivity index (χ0n) is 17.7. The summed E-state index contributed by atoms with van der Waals surface area (Å²) in [5, 5.41) is 17.4. The van der Waals surface area contributed by atoms with E-state index in [-0.39, 0.29) is 17.9 Å². The summed E-state index contributed by atoms with van der Waals surface area (Å²) in [6.07, 6.45) is 1.74. The minimum absolute atomic E-state index is 0.00404. The SMILES string of the molecule is Cc1n[nH]c(C)c1CCCNC(=O)NCc1cc2n(n1)CCN(C(=O)C(C)C)C2. The van der Waals surface area contributed by atoms with Gasteiger partial charge in [0.05, 0.1) is 36.7 Å². The number of rotatable bonds is 7. The Balaban J connectivity index is 1.40. The smallest absolute Gasteiger partial charge is 0.315 e. The van der Waals surface area contributed by atoms with Crippen LogP contribution in [0, 0.1) is 19.8 Å². The first-order valence-electron chi connectivity index (χ1n) is 10.2. The third kappa shape index (κ3) is 5.16. The molecule has 0 aliphatic carbocycles. The molecule has 3 N–H and O–H groups in total. The molecule has 0 saturated heterocycles. The second kappa shape index (κ2) is 9.11. The molecule has 1 aliphatic heterocycles. The number of amides is 3. The molecular weight excluding hydrogens is 370 g/mol. The van der Waals surface area contributed by atoms with Crippen LogP contribution < -0.4 is 10.6 Å². The molecule has 29 heavy (non-hydrogen) atoms. The van der Waals surface area contributed by atoms with E-state index in [0.717, 1.165) is 35.6 Å². The van der Waals surface area contributed by atoms with Crippen molar-refractivity contribution in [2.45, 2.75) is 60.2 Å². The van der Waals surface area contributed by atoms with Gasteiger partial charge in [-0.2, -0.15) is 10.2 Å². The number of carbonyl (C=O) groups is 2. The topological polar surface area (TPSA) is 108 Å². The van der Waals surface area contributed by atoms with Gasteiger partial charge in [0, 0.05) is 24.7 Å². The molecule has 2 aromatic heterocycles. The Morgan fingerprint density at radius 2 is 2.03 bits per heavy atom. The summed E-state index contributed by atoms with van der Waals surface area (Å²) >= 11 is 0. The number of nitrogens with zero attached hydrogens (tertiary/aromatic N) is 4. The molecule has 3 amide bonds. The summed E-state index contributed by atoms with van der Waals surface area (Å²) < 4.78 is 1.93. The molecule has 9 nitrogen and oxygen atoms in total. The number of aromatic amines is 1. The van der Waals surface area contributed by atoms with Crippen LogP contribution in [0.1, 0.15) is 48.6 Å². The van der Waals surface area contributed by atoms with E-state index in [1.165, 1.54) is 5.56 Å². The van der Waals surface area contributed by atoms with Crippen molar-refractivity contribution in [1.29, 1.82) is 0 Å². The van der Waals surface area contributed by atoms with Gasteiger partial charge in [-0.15, -0.1) is 0 Å². The Hall–Kier alpha value is -2.84. The quantitative estimate of drug-likeness (QED) is 0.613. The maximum Gasteiger partial charge on any atom is 0.315 e. The second-order valence-corrected chi connectivity index (χ2v) is 7.89. The Morgan fingerprint density at radius 1 is 1.24 bits per heavy atom. The molecule has 0 spiro atoms. The number of fused-ring (bicyclic) bond motifs is 1. The predicted molar refractivity (Wildman–Crippen MR) is 109 cm³/mol. The molecule has 0 aromatic carbocycles. The first-order chi connectivity index (χ1) is 13.8. The van der Waals surface area contributed by atoms with Crippen molar-refractivity contribution < 1.29 is 9.59 Å². The average molecular weight is 402 g/mol. The van der Waals surface area contributed by atoms with Gasteiger partial charge in [-0.1, -0.05) is 13.8 Å². The zero-order chi connectivity index (χ0) is 21.0. The Morgan fingerprint density at radius 3 is 2.72 bits per heavy atom. The Labute approximate surface area is 171 Å². The van der Waals surface area contributed by atoms with Crippen molar-refractivity contribution in [2.75, 3.05) is 13.1 Å². The standard InChI is InChI=1S/C20H31N7O2/c1-13(2)19(28)26-8-9-27-17(12-26)10-16(25-27)11-22-20(29)21-7-5-6-18-14(3)23-24-15(18)4/h10,13H,5-9,11-12H2,1-4H3,(H,23,24)(H2,21,22,29).